The molecular weight excluding hydrogens is 598 g/mol. The number of halogens is 2. The van der Waals surface area contributed by atoms with E-state index in [1.165, 1.54) is 42.2 Å². The minimum atomic E-state index is -0.967. The summed E-state index contributed by atoms with van der Waals surface area (Å²) in [6.07, 6.45) is 10.2. The molecule has 6 rings (SSSR count). The molecule has 12 nitrogen and oxygen atoms in total. The topological polar surface area (TPSA) is 182 Å². The zero-order valence-electron chi connectivity index (χ0n) is 25.2. The number of aliphatic hydroxyl groups is 1. The van der Waals surface area contributed by atoms with Gasteiger partial charge in [0.05, 0.1) is 24.1 Å². The molecule has 2 aliphatic heterocycles. The number of urea groups is 2. The van der Waals surface area contributed by atoms with E-state index < -0.39 is 29.8 Å². The fraction of sp³-hybridized carbons (Fsp3) is 0.281. The van der Waals surface area contributed by atoms with Gasteiger partial charge in [0.2, 0.25) is 0 Å². The van der Waals surface area contributed by atoms with Gasteiger partial charge in [-0.2, -0.15) is 0 Å². The number of amides is 4. The Morgan fingerprint density at radius 3 is 1.74 bits per heavy atom. The van der Waals surface area contributed by atoms with Crippen LogP contribution in [0.1, 0.15) is 59.8 Å². The summed E-state index contributed by atoms with van der Waals surface area (Å²) in [5, 5.41) is 9.84. The highest BCUT2D eigenvalue weighted by molar-refractivity contribution is 6.01. The van der Waals surface area contributed by atoms with Crippen molar-refractivity contribution in [1.29, 1.82) is 0 Å². The molecule has 0 fully saturated rings. The molecule has 0 aliphatic carbocycles. The molecule has 2 aliphatic rings. The average Bonchev–Trinajstić information content (AvgIpc) is 3.03. The summed E-state index contributed by atoms with van der Waals surface area (Å²) < 4.78 is 27.9. The van der Waals surface area contributed by atoms with E-state index in [1.807, 2.05) is 6.07 Å². The number of rotatable bonds is 4. The number of nitrogens with two attached hydrogens (primary N) is 2. The molecule has 4 aromatic rings. The number of pyridine rings is 4. The third kappa shape index (κ3) is 6.38. The van der Waals surface area contributed by atoms with E-state index in [0.717, 1.165) is 49.2 Å². The first-order valence-electron chi connectivity index (χ1n) is 14.6. The summed E-state index contributed by atoms with van der Waals surface area (Å²) >= 11 is 0. The van der Waals surface area contributed by atoms with Crippen molar-refractivity contribution in [3.63, 3.8) is 0 Å². The monoisotopic (exact) mass is 630 g/mol. The molecule has 0 saturated heterocycles. The molecule has 46 heavy (non-hydrogen) atoms. The fourth-order valence-electron chi connectivity index (χ4n) is 5.76. The lowest BCUT2D eigenvalue weighted by Gasteiger charge is -2.27. The standard InChI is InChI=1S/C16H17FN4O2.C16H15FN4O2/c2*1-9(22)14-12(7-19-8-13(14)17)11-5-10-3-2-4-21(16(18)23)15(10)20-6-11/h5-9,22H,2-4H2,1H3,(H2,18,23);5-8H,2-4H2,1H3,(H2,18,23)/t9-;/m0./s1. The lowest BCUT2D eigenvalue weighted by Crippen LogP contribution is -2.40. The van der Waals surface area contributed by atoms with Gasteiger partial charge in [-0.15, -0.1) is 0 Å². The van der Waals surface area contributed by atoms with Gasteiger partial charge in [0.1, 0.15) is 17.5 Å². The van der Waals surface area contributed by atoms with Crippen LogP contribution in [0.5, 0.6) is 0 Å². The van der Waals surface area contributed by atoms with Gasteiger partial charge in [0.15, 0.2) is 11.6 Å². The van der Waals surface area contributed by atoms with Crippen LogP contribution in [0.15, 0.2) is 49.3 Å². The number of hydrogen-bond donors (Lipinski definition) is 3. The number of carbonyl (C=O) groups is 3. The second-order valence-corrected chi connectivity index (χ2v) is 11.0. The predicted octanol–water partition coefficient (Wildman–Crippen LogP) is 4.48. The van der Waals surface area contributed by atoms with Gasteiger partial charge in [-0.05, 0) is 62.8 Å². The molecule has 0 unspecified atom stereocenters. The molecule has 14 heteroatoms. The molecule has 238 valence electrons. The van der Waals surface area contributed by atoms with Crippen LogP contribution in [0.4, 0.5) is 30.0 Å². The van der Waals surface area contributed by atoms with Crippen molar-refractivity contribution in [1.82, 2.24) is 19.9 Å². The Morgan fingerprint density at radius 2 is 1.26 bits per heavy atom. The first kappa shape index (κ1) is 32.0. The second kappa shape index (κ2) is 13.3. The summed E-state index contributed by atoms with van der Waals surface area (Å²) in [6, 6.07) is 2.56. The first-order chi connectivity index (χ1) is 22.0. The third-order valence-corrected chi connectivity index (χ3v) is 7.82. The number of fused-ring (bicyclic) bond motifs is 2. The van der Waals surface area contributed by atoms with Gasteiger partial charge in [-0.1, -0.05) is 0 Å². The zero-order valence-corrected chi connectivity index (χ0v) is 25.2. The van der Waals surface area contributed by atoms with Crippen molar-refractivity contribution in [3.8, 4) is 22.3 Å². The normalized spacial score (nSPS) is 14.4. The summed E-state index contributed by atoms with van der Waals surface area (Å²) in [4.78, 5) is 53.8. The van der Waals surface area contributed by atoms with Crippen molar-refractivity contribution in [2.75, 3.05) is 22.9 Å². The first-order valence-corrected chi connectivity index (χ1v) is 14.6. The molecule has 4 amide bonds. The highest BCUT2D eigenvalue weighted by Crippen LogP contribution is 2.34. The molecular formula is C32H32F2N8O4. The number of Topliss-reactive ketones (excluding diaryl/α,β-unsaturated/α-hetero) is 1. The number of primary amides is 2. The van der Waals surface area contributed by atoms with E-state index in [4.69, 9.17) is 11.5 Å². The zero-order chi connectivity index (χ0) is 33.1. The van der Waals surface area contributed by atoms with Gasteiger partial charge in [-0.25, -0.2) is 28.3 Å². The van der Waals surface area contributed by atoms with Crippen molar-refractivity contribution in [3.05, 3.63) is 83.2 Å². The van der Waals surface area contributed by atoms with Crippen molar-refractivity contribution < 1.29 is 28.3 Å². The van der Waals surface area contributed by atoms with Gasteiger partial charge >= 0.3 is 12.1 Å². The smallest absolute Gasteiger partial charge is 0.320 e. The molecule has 0 bridgehead atoms. The van der Waals surface area contributed by atoms with Gasteiger partial charge in [0, 0.05) is 65.7 Å². The molecule has 0 saturated carbocycles. The molecule has 0 aromatic carbocycles. The number of nitrogens with zero attached hydrogens (tertiary/aromatic N) is 6. The molecule has 1 atom stereocenters. The number of aliphatic hydroxyl groups excluding tert-OH is 1. The summed E-state index contributed by atoms with van der Waals surface area (Å²) in [6.45, 7) is 3.87. The number of anilines is 2. The quantitative estimate of drug-likeness (QED) is 0.276. The Bertz CT molecular complexity index is 1830. The third-order valence-electron chi connectivity index (χ3n) is 7.82. The molecule has 5 N–H and O–H groups in total. The molecule has 4 aromatic heterocycles. The fourth-order valence-corrected chi connectivity index (χ4v) is 5.76. The molecule has 0 spiro atoms. The van der Waals surface area contributed by atoms with Gasteiger partial charge in [0.25, 0.3) is 0 Å². The minimum Gasteiger partial charge on any atom is -0.389 e. The highest BCUT2D eigenvalue weighted by atomic mass is 19.1. The number of ketones is 1. The average molecular weight is 631 g/mol. The molecule has 6 heterocycles. The van der Waals surface area contributed by atoms with Crippen molar-refractivity contribution in [2.24, 2.45) is 11.5 Å². The Hall–Kier alpha value is -5.37. The van der Waals surface area contributed by atoms with E-state index in [-0.39, 0.29) is 16.9 Å². The van der Waals surface area contributed by atoms with E-state index in [9.17, 15) is 28.3 Å². The maximum Gasteiger partial charge on any atom is 0.320 e. The summed E-state index contributed by atoms with van der Waals surface area (Å²) in [7, 11) is 0. The Morgan fingerprint density at radius 1 is 0.783 bits per heavy atom. The lowest BCUT2D eigenvalue weighted by molar-refractivity contribution is 0.101. The van der Waals surface area contributed by atoms with E-state index in [2.05, 4.69) is 19.9 Å². The number of hydrogen-bond acceptors (Lipinski definition) is 8. The largest absolute Gasteiger partial charge is 0.389 e. The Balaban J connectivity index is 0.000000181. The SMILES string of the molecule is CC(=O)c1c(F)cncc1-c1cnc2c(c1)CCCN2C(N)=O.C[C@H](O)c1c(F)cncc1-c1cnc2c(c1)CCCN2C(N)=O. The molecule has 0 radical (unpaired) electrons. The van der Waals surface area contributed by atoms with Crippen LogP contribution >= 0.6 is 0 Å². The van der Waals surface area contributed by atoms with E-state index >= 15 is 0 Å². The maximum atomic E-state index is 14.0. The minimum absolute atomic E-state index is 0.00989. The Kier molecular flexibility index (Phi) is 9.28. The van der Waals surface area contributed by atoms with Crippen LogP contribution in [-0.4, -0.2) is 56.0 Å². The van der Waals surface area contributed by atoms with E-state index in [1.54, 1.807) is 12.3 Å². The van der Waals surface area contributed by atoms with E-state index in [0.29, 0.717) is 47.0 Å². The van der Waals surface area contributed by atoms with Crippen LogP contribution in [0.2, 0.25) is 0 Å². The van der Waals surface area contributed by atoms with Crippen molar-refractivity contribution >= 4 is 29.5 Å². The number of aryl methyl sites for hydroxylation is 2. The van der Waals surface area contributed by atoms with Crippen LogP contribution in [-0.2, 0) is 12.8 Å². The predicted molar refractivity (Wildman–Crippen MR) is 166 cm³/mol. The summed E-state index contributed by atoms with van der Waals surface area (Å²) in [5.74, 6) is -0.548. The van der Waals surface area contributed by atoms with Crippen LogP contribution in [0, 0.1) is 11.6 Å². The number of carbonyl (C=O) groups excluding carboxylic acids is 3. The van der Waals surface area contributed by atoms with Crippen molar-refractivity contribution in [2.45, 2.75) is 45.6 Å². The van der Waals surface area contributed by atoms with Crippen LogP contribution in [0.25, 0.3) is 22.3 Å². The highest BCUT2D eigenvalue weighted by Gasteiger charge is 2.25. The van der Waals surface area contributed by atoms with Crippen LogP contribution in [0.3, 0.4) is 0 Å². The van der Waals surface area contributed by atoms with Crippen LogP contribution < -0.4 is 21.3 Å². The van der Waals surface area contributed by atoms with Gasteiger partial charge in [-0.3, -0.25) is 24.6 Å². The Labute approximate surface area is 263 Å². The number of aromatic nitrogens is 4. The lowest BCUT2D eigenvalue weighted by atomic mass is 9.96. The van der Waals surface area contributed by atoms with Gasteiger partial charge < -0.3 is 16.6 Å². The maximum absolute atomic E-state index is 14.0. The second-order valence-electron chi connectivity index (χ2n) is 11.0. The summed E-state index contributed by atoms with van der Waals surface area (Å²) in [5.41, 5.74) is 14.7.